The van der Waals surface area contributed by atoms with Crippen LogP contribution in [0.25, 0.3) is 56.0 Å². The third-order valence-corrected chi connectivity index (χ3v) is 7.43. The molecule has 3 N–H and O–H groups in total. The van der Waals surface area contributed by atoms with E-state index >= 15 is 4.39 Å². The van der Waals surface area contributed by atoms with Crippen molar-refractivity contribution in [3.8, 4) is 34.0 Å². The van der Waals surface area contributed by atoms with Crippen molar-refractivity contribution in [3.63, 3.8) is 0 Å². The number of pyridine rings is 4. The molecule has 0 amide bonds. The molecule has 1 fully saturated rings. The summed E-state index contributed by atoms with van der Waals surface area (Å²) in [6, 6.07) is 7.54. The summed E-state index contributed by atoms with van der Waals surface area (Å²) in [5.41, 5.74) is 5.76. The molecule has 39 heavy (non-hydrogen) atoms. The average Bonchev–Trinajstić information content (AvgIpc) is 3.73. The van der Waals surface area contributed by atoms with E-state index in [1.165, 1.54) is 25.7 Å². The molecule has 1 aliphatic rings. The van der Waals surface area contributed by atoms with Crippen molar-refractivity contribution in [1.29, 1.82) is 0 Å². The molecule has 0 radical (unpaired) electrons. The highest BCUT2D eigenvalue weighted by Crippen LogP contribution is 2.34. The molecule has 7 rings (SSSR count). The molecule has 6 aromatic heterocycles. The zero-order chi connectivity index (χ0) is 26.2. The van der Waals surface area contributed by atoms with Crippen molar-refractivity contribution >= 4 is 21.9 Å². The minimum absolute atomic E-state index is 0.227. The van der Waals surface area contributed by atoms with Crippen LogP contribution in [0.2, 0.25) is 0 Å². The molecule has 0 bridgehead atoms. The molecule has 1 aliphatic carbocycles. The lowest BCUT2D eigenvalue weighted by Gasteiger charge is -2.11. The van der Waals surface area contributed by atoms with E-state index in [2.05, 4.69) is 40.4 Å². The molecular weight excluding hydrogens is 493 g/mol. The number of fused-ring (bicyclic) bond motifs is 2. The minimum Gasteiger partial charge on any atom is -0.336 e. The summed E-state index contributed by atoms with van der Waals surface area (Å²) < 4.78 is 16.1. The highest BCUT2D eigenvalue weighted by atomic mass is 19.1. The largest absolute Gasteiger partial charge is 0.336 e. The number of hydrogen-bond donors (Lipinski definition) is 3. The fourth-order valence-electron chi connectivity index (χ4n) is 5.47. The van der Waals surface area contributed by atoms with Gasteiger partial charge in [-0.05, 0) is 55.1 Å². The van der Waals surface area contributed by atoms with Crippen molar-refractivity contribution in [2.45, 2.75) is 32.2 Å². The Balaban J connectivity index is 1.24. The first-order valence-corrected chi connectivity index (χ1v) is 13.2. The van der Waals surface area contributed by atoms with Crippen molar-refractivity contribution in [2.24, 2.45) is 5.92 Å². The predicted octanol–water partition coefficient (Wildman–Crippen LogP) is 5.44. The van der Waals surface area contributed by atoms with Gasteiger partial charge in [0.15, 0.2) is 11.6 Å². The molecule has 0 aromatic carbocycles. The van der Waals surface area contributed by atoms with Gasteiger partial charge in [-0.2, -0.15) is 5.10 Å². The van der Waals surface area contributed by atoms with Crippen molar-refractivity contribution in [1.82, 2.24) is 45.4 Å². The van der Waals surface area contributed by atoms with E-state index in [0.29, 0.717) is 45.7 Å². The number of halogens is 1. The summed E-state index contributed by atoms with van der Waals surface area (Å²) in [5.74, 6) is 0.720. The van der Waals surface area contributed by atoms with Gasteiger partial charge in [0, 0.05) is 48.7 Å². The average molecular weight is 520 g/mol. The van der Waals surface area contributed by atoms with Gasteiger partial charge in [-0.1, -0.05) is 12.8 Å². The summed E-state index contributed by atoms with van der Waals surface area (Å²) >= 11 is 0. The van der Waals surface area contributed by atoms with E-state index in [9.17, 15) is 0 Å². The van der Waals surface area contributed by atoms with Crippen LogP contribution < -0.4 is 5.32 Å². The summed E-state index contributed by atoms with van der Waals surface area (Å²) in [6.45, 7) is 1.68. The molecule has 9 nitrogen and oxygen atoms in total. The van der Waals surface area contributed by atoms with Crippen LogP contribution in [0.3, 0.4) is 0 Å². The Morgan fingerprint density at radius 1 is 0.872 bits per heavy atom. The lowest BCUT2D eigenvalue weighted by atomic mass is 10.1. The van der Waals surface area contributed by atoms with E-state index in [4.69, 9.17) is 4.98 Å². The zero-order valence-corrected chi connectivity index (χ0v) is 21.2. The Hall–Kier alpha value is -4.57. The van der Waals surface area contributed by atoms with Crippen molar-refractivity contribution < 1.29 is 4.39 Å². The first-order chi connectivity index (χ1) is 19.2. The smallest absolute Gasteiger partial charge is 0.161 e. The maximum Gasteiger partial charge on any atom is 0.161 e. The third-order valence-electron chi connectivity index (χ3n) is 7.43. The molecule has 0 saturated heterocycles. The van der Waals surface area contributed by atoms with Crippen LogP contribution >= 0.6 is 0 Å². The van der Waals surface area contributed by atoms with Crippen LogP contribution in [0.4, 0.5) is 4.39 Å². The fourth-order valence-corrected chi connectivity index (χ4v) is 5.47. The molecule has 0 spiro atoms. The van der Waals surface area contributed by atoms with Gasteiger partial charge >= 0.3 is 0 Å². The second kappa shape index (κ2) is 9.95. The summed E-state index contributed by atoms with van der Waals surface area (Å²) in [6.07, 6.45) is 15.4. The van der Waals surface area contributed by atoms with Crippen LogP contribution in [0, 0.1) is 11.7 Å². The lowest BCUT2D eigenvalue weighted by molar-refractivity contribution is 0.489. The first-order valence-electron chi connectivity index (χ1n) is 13.2. The predicted molar refractivity (Wildman–Crippen MR) is 147 cm³/mol. The quantitative estimate of drug-likeness (QED) is 0.257. The monoisotopic (exact) mass is 519 g/mol. The van der Waals surface area contributed by atoms with E-state index < -0.39 is 5.82 Å². The molecule has 6 aromatic rings. The Kier molecular flexibility index (Phi) is 6.01. The first kappa shape index (κ1) is 23.5. The van der Waals surface area contributed by atoms with Gasteiger partial charge in [-0.25, -0.2) is 9.37 Å². The molecule has 0 unspecified atom stereocenters. The Morgan fingerprint density at radius 3 is 2.62 bits per heavy atom. The number of hydrogen-bond acceptors (Lipinski definition) is 7. The minimum atomic E-state index is -0.470. The second-order valence-electron chi connectivity index (χ2n) is 10.0. The molecule has 6 heterocycles. The van der Waals surface area contributed by atoms with Gasteiger partial charge in [-0.3, -0.25) is 25.0 Å². The Morgan fingerprint density at radius 2 is 1.74 bits per heavy atom. The lowest BCUT2D eigenvalue weighted by Crippen LogP contribution is -2.20. The number of H-pyrrole nitrogens is 2. The maximum atomic E-state index is 16.1. The molecule has 0 aliphatic heterocycles. The number of aromatic amines is 2. The number of rotatable bonds is 7. The van der Waals surface area contributed by atoms with E-state index in [1.807, 2.05) is 30.5 Å². The van der Waals surface area contributed by atoms with Crippen LogP contribution in [-0.2, 0) is 6.54 Å². The maximum absolute atomic E-state index is 16.1. The summed E-state index contributed by atoms with van der Waals surface area (Å²) in [7, 11) is 0. The van der Waals surface area contributed by atoms with E-state index in [1.54, 1.807) is 31.0 Å². The molecule has 1 saturated carbocycles. The Bertz CT molecular complexity index is 1770. The highest BCUT2D eigenvalue weighted by Gasteiger charge is 2.22. The molecule has 10 heteroatoms. The second-order valence-corrected chi connectivity index (χ2v) is 10.0. The van der Waals surface area contributed by atoms with Gasteiger partial charge in [0.05, 0.1) is 28.3 Å². The van der Waals surface area contributed by atoms with Crippen molar-refractivity contribution in [2.75, 3.05) is 6.54 Å². The number of imidazole rings is 1. The van der Waals surface area contributed by atoms with Crippen LogP contribution in [0.15, 0.2) is 61.4 Å². The van der Waals surface area contributed by atoms with Crippen LogP contribution in [0.5, 0.6) is 0 Å². The normalized spacial score (nSPS) is 14.1. The standard InChI is InChI=1S/C29H26FN9/c30-24-23-22(16-35-25(24)20-11-18(14-33-15-20)13-32-12-17-3-1-2-4-17)38-39-28(23)29-36-21-7-10-34-26(27(21)37-29)19-5-8-31-9-6-19/h5-11,14-17,32H,1-4,12-13H2,(H,36,37)(H,38,39). The highest BCUT2D eigenvalue weighted by molar-refractivity contribution is 5.97. The SMILES string of the molecule is Fc1c(-c2cncc(CNCC3CCCC3)c2)ncc2[nH]nc(-c3nc4c(-c5ccncc5)nccc4[nH]3)c12. The topological polar surface area (TPSA) is 121 Å². The molecule has 0 atom stereocenters. The van der Waals surface area contributed by atoms with Gasteiger partial charge in [-0.15, -0.1) is 0 Å². The number of nitrogens with zero attached hydrogens (tertiary/aromatic N) is 6. The van der Waals surface area contributed by atoms with E-state index in [-0.39, 0.29) is 5.69 Å². The van der Waals surface area contributed by atoms with Crippen LogP contribution in [0.1, 0.15) is 31.2 Å². The van der Waals surface area contributed by atoms with E-state index in [0.717, 1.165) is 29.1 Å². The van der Waals surface area contributed by atoms with Gasteiger partial charge < -0.3 is 10.3 Å². The Labute approximate surface area is 223 Å². The fraction of sp³-hybridized carbons (Fsp3) is 0.241. The summed E-state index contributed by atoms with van der Waals surface area (Å²) in [4.78, 5) is 25.4. The zero-order valence-electron chi connectivity index (χ0n) is 21.2. The molecular formula is C29H26FN9. The summed E-state index contributed by atoms with van der Waals surface area (Å²) in [5, 5.41) is 11.2. The van der Waals surface area contributed by atoms with Crippen LogP contribution in [-0.4, -0.2) is 46.6 Å². The number of aromatic nitrogens is 8. The molecule has 194 valence electrons. The van der Waals surface area contributed by atoms with Gasteiger partial charge in [0.2, 0.25) is 0 Å². The van der Waals surface area contributed by atoms with Crippen molar-refractivity contribution in [3.05, 3.63) is 72.8 Å². The van der Waals surface area contributed by atoms with Gasteiger partial charge in [0.1, 0.15) is 16.9 Å². The third kappa shape index (κ3) is 4.42. The van der Waals surface area contributed by atoms with Gasteiger partial charge in [0.25, 0.3) is 0 Å². The number of nitrogens with one attached hydrogen (secondary N) is 3.